The highest BCUT2D eigenvalue weighted by atomic mass is 33.1. The van der Waals surface area contributed by atoms with Crippen LogP contribution in [-0.4, -0.2) is 151 Å². The Morgan fingerprint density at radius 2 is 1.24 bits per heavy atom. The second kappa shape index (κ2) is 30.4. The van der Waals surface area contributed by atoms with E-state index in [-0.39, 0.29) is 43.3 Å². The highest BCUT2D eigenvalue weighted by molar-refractivity contribution is 8.76. The van der Waals surface area contributed by atoms with Crippen molar-refractivity contribution in [2.75, 3.05) is 18.1 Å². The molecule has 6 atom stereocenters. The van der Waals surface area contributed by atoms with E-state index in [1.807, 2.05) is 5.32 Å². The number of hydrogen-bond donors (Lipinski definition) is 13. The summed E-state index contributed by atoms with van der Waals surface area (Å²) < 4.78 is 4.92. The van der Waals surface area contributed by atoms with Gasteiger partial charge < -0.3 is 62.2 Å². The molecule has 0 heterocycles. The smallest absolute Gasteiger partial charge is 0.426 e. The van der Waals surface area contributed by atoms with Gasteiger partial charge in [-0.2, -0.15) is 0 Å². The molecule has 13 N–H and O–H groups in total. The third kappa shape index (κ3) is 24.6. The minimum atomic E-state index is -2.09. The Hall–Kier alpha value is -6.84. The van der Waals surface area contributed by atoms with E-state index in [1.54, 1.807) is 44.2 Å². The lowest BCUT2D eigenvalue weighted by Crippen LogP contribution is -2.58. The lowest BCUT2D eigenvalue weighted by atomic mass is 9.95. The molecule has 1 aromatic carbocycles. The summed E-state index contributed by atoms with van der Waals surface area (Å²) in [7, 11) is 2.14. The molecule has 0 aliphatic heterocycles. The second-order valence-corrected chi connectivity index (χ2v) is 18.1. The van der Waals surface area contributed by atoms with Gasteiger partial charge in [0.15, 0.2) is 0 Å². The third-order valence-electron chi connectivity index (χ3n) is 9.27. The first-order valence-corrected chi connectivity index (χ1v) is 23.2. The summed E-state index contributed by atoms with van der Waals surface area (Å²) in [4.78, 5) is 147. The molecule has 0 saturated carbocycles. The van der Waals surface area contributed by atoms with Crippen LogP contribution in [0.5, 0.6) is 0 Å². The molecule has 0 aliphatic carbocycles. The molecule has 0 bridgehead atoms. The number of benzene rings is 1. The van der Waals surface area contributed by atoms with Crippen LogP contribution in [0, 0.1) is 5.92 Å². The maximum atomic E-state index is 13.6. The van der Waals surface area contributed by atoms with Crippen LogP contribution in [0.3, 0.4) is 0 Å². The molecule has 0 unspecified atom stereocenters. The maximum Gasteiger partial charge on any atom is 0.426 e. The molecule has 28 heteroatoms. The molecule has 8 amide bonds. The standard InChI is InChI=1S/C40H58N8O18S2/c1-21(2)32(55)47-48-39(65)66-16-17-67-68-20-27(36(60)61)44-33(56)25(18-23-8-6-5-7-9-23)43-34(57)26(19-31(53)54)42-28(49)12-10-22(3)41-29(50)14-15-40(4,37(62)63)46-38(64)45-24(35(58)59)11-13-30(51)52/h5-9,21-22,24-27H,10-20H2,1-4H3,(H,41,50)(H,42,49)(H,43,57)(H,44,56)(H,47,55)(H,48,65)(H,51,52)(H,53,54)(H,58,59)(H,60,61)(H,62,63)(H2,45,46,64)/t22-,24+,25+,26+,27+,40+/m1/s1. The van der Waals surface area contributed by atoms with Gasteiger partial charge in [0.25, 0.3) is 0 Å². The van der Waals surface area contributed by atoms with Crippen molar-refractivity contribution >= 4 is 93.1 Å². The summed E-state index contributed by atoms with van der Waals surface area (Å²) in [6.45, 7) is 5.67. The zero-order valence-electron chi connectivity index (χ0n) is 37.5. The molecule has 1 rings (SSSR count). The van der Waals surface area contributed by atoms with E-state index >= 15 is 0 Å². The quantitative estimate of drug-likeness (QED) is 0.0255. The molecule has 1 aromatic rings. The Labute approximate surface area is 397 Å². The second-order valence-electron chi connectivity index (χ2n) is 15.4. The van der Waals surface area contributed by atoms with Gasteiger partial charge in [-0.1, -0.05) is 65.8 Å². The van der Waals surface area contributed by atoms with E-state index in [2.05, 4.69) is 37.4 Å². The van der Waals surface area contributed by atoms with E-state index in [1.165, 1.54) is 6.92 Å². The van der Waals surface area contributed by atoms with Gasteiger partial charge in [-0.15, -0.1) is 0 Å². The number of hydrazine groups is 1. The molecule has 0 saturated heterocycles. The summed E-state index contributed by atoms with van der Waals surface area (Å²) in [6, 6.07) is -0.0952. The van der Waals surface area contributed by atoms with Crippen molar-refractivity contribution in [3.05, 3.63) is 35.9 Å². The summed E-state index contributed by atoms with van der Waals surface area (Å²) in [5.41, 5.74) is 2.69. The lowest BCUT2D eigenvalue weighted by Gasteiger charge is -2.27. The van der Waals surface area contributed by atoms with Gasteiger partial charge >= 0.3 is 42.0 Å². The van der Waals surface area contributed by atoms with Crippen molar-refractivity contribution in [3.8, 4) is 0 Å². The van der Waals surface area contributed by atoms with E-state index < -0.39 is 139 Å². The first-order chi connectivity index (χ1) is 31.8. The number of aliphatic carboxylic acids is 5. The number of rotatable bonds is 31. The van der Waals surface area contributed by atoms with Gasteiger partial charge in [0, 0.05) is 49.1 Å². The fourth-order valence-electron chi connectivity index (χ4n) is 5.39. The summed E-state index contributed by atoms with van der Waals surface area (Å²) >= 11 is 0. The van der Waals surface area contributed by atoms with Crippen LogP contribution in [0.15, 0.2) is 30.3 Å². The minimum absolute atomic E-state index is 0.0743. The number of ether oxygens (including phenoxy) is 1. The number of carbonyl (C=O) groups is 12. The predicted molar refractivity (Wildman–Crippen MR) is 240 cm³/mol. The van der Waals surface area contributed by atoms with Crippen LogP contribution in [0.25, 0.3) is 0 Å². The highest BCUT2D eigenvalue weighted by Gasteiger charge is 2.37. The van der Waals surface area contributed by atoms with E-state index in [0.717, 1.165) is 28.5 Å². The fraction of sp³-hybridized carbons (Fsp3) is 0.550. The summed E-state index contributed by atoms with van der Waals surface area (Å²) in [5, 5.41) is 60.9. The Bertz CT molecular complexity index is 1960. The van der Waals surface area contributed by atoms with Crippen molar-refractivity contribution < 1.29 is 87.8 Å². The van der Waals surface area contributed by atoms with Crippen LogP contribution in [-0.2, 0) is 59.1 Å². The normalized spacial score (nSPS) is 13.8. The minimum Gasteiger partial charge on any atom is -0.481 e. The molecule has 0 fully saturated rings. The first-order valence-electron chi connectivity index (χ1n) is 20.7. The topological polar surface area (TPSA) is 411 Å². The van der Waals surface area contributed by atoms with Crippen molar-refractivity contribution in [2.45, 2.75) is 115 Å². The number of carboxylic acids is 5. The van der Waals surface area contributed by atoms with Crippen LogP contribution < -0.4 is 42.8 Å². The molecule has 378 valence electrons. The molecule has 0 spiro atoms. The van der Waals surface area contributed by atoms with Crippen LogP contribution in [0.1, 0.15) is 78.2 Å². The van der Waals surface area contributed by atoms with Crippen LogP contribution in [0.4, 0.5) is 9.59 Å². The zero-order chi connectivity index (χ0) is 51.6. The van der Waals surface area contributed by atoms with Crippen LogP contribution >= 0.6 is 21.6 Å². The average molecular weight is 1000 g/mol. The van der Waals surface area contributed by atoms with Crippen LogP contribution in [0.2, 0.25) is 0 Å². The number of nitrogens with one attached hydrogen (secondary N) is 8. The Morgan fingerprint density at radius 1 is 0.632 bits per heavy atom. The first kappa shape index (κ1) is 59.2. The van der Waals surface area contributed by atoms with Gasteiger partial charge in [-0.3, -0.25) is 39.0 Å². The predicted octanol–water partition coefficient (Wildman–Crippen LogP) is -0.437. The summed E-state index contributed by atoms with van der Waals surface area (Å²) in [5.74, 6) is -11.8. The SMILES string of the molecule is CC(C)C(=O)NNC(=O)OCCSSC[C@H](NC(=O)[C@H](Cc1ccccc1)NC(=O)[C@H](CC(=O)O)NC(=O)CC[C@@H](C)NC(=O)CC[C@](C)(NC(=O)N[C@@H](CCC(=O)O)C(=O)O)C(=O)O)C(=O)O. The maximum absolute atomic E-state index is 13.6. The van der Waals surface area contributed by atoms with E-state index in [0.29, 0.717) is 5.56 Å². The number of carbonyl (C=O) groups excluding carboxylic acids is 7. The van der Waals surface area contributed by atoms with E-state index in [4.69, 9.17) is 9.84 Å². The average Bonchev–Trinajstić information content (AvgIpc) is 3.25. The molecule has 0 aliphatic rings. The molecule has 0 radical (unpaired) electrons. The Balaban J connectivity index is 2.88. The fourth-order valence-corrected chi connectivity index (χ4v) is 7.37. The van der Waals surface area contributed by atoms with Crippen molar-refractivity contribution in [1.29, 1.82) is 0 Å². The zero-order valence-corrected chi connectivity index (χ0v) is 39.1. The lowest BCUT2D eigenvalue weighted by molar-refractivity contribution is -0.144. The van der Waals surface area contributed by atoms with Crippen molar-refractivity contribution in [3.63, 3.8) is 0 Å². The van der Waals surface area contributed by atoms with E-state index in [9.17, 15) is 78.0 Å². The molecule has 0 aromatic heterocycles. The summed E-state index contributed by atoms with van der Waals surface area (Å²) in [6.07, 6.45) is -4.53. The number of hydrogen-bond acceptors (Lipinski definition) is 15. The number of urea groups is 1. The molecule has 68 heavy (non-hydrogen) atoms. The van der Waals surface area contributed by atoms with Crippen molar-refractivity contribution in [2.24, 2.45) is 5.92 Å². The van der Waals surface area contributed by atoms with Gasteiger partial charge in [0.05, 0.1) is 6.42 Å². The molecular formula is C40H58N8O18S2. The largest absolute Gasteiger partial charge is 0.481 e. The Kier molecular flexibility index (Phi) is 26.5. The Morgan fingerprint density at radius 3 is 1.81 bits per heavy atom. The third-order valence-corrected chi connectivity index (χ3v) is 11.6. The van der Waals surface area contributed by atoms with Crippen molar-refractivity contribution in [1.82, 2.24) is 42.8 Å². The molecule has 26 nitrogen and oxygen atoms in total. The molecular weight excluding hydrogens is 945 g/mol. The number of carboxylic acid groups (broad SMARTS) is 5. The van der Waals surface area contributed by atoms with Gasteiger partial charge in [-0.25, -0.2) is 29.4 Å². The highest BCUT2D eigenvalue weighted by Crippen LogP contribution is 2.22. The van der Waals surface area contributed by atoms with Gasteiger partial charge in [-0.05, 0) is 38.7 Å². The van der Waals surface area contributed by atoms with Gasteiger partial charge in [0.2, 0.25) is 29.5 Å². The number of amides is 8. The monoisotopic (exact) mass is 1000 g/mol. The van der Waals surface area contributed by atoms with Gasteiger partial charge in [0.1, 0.15) is 36.3 Å².